The molecule has 0 aliphatic carbocycles. The number of benzene rings is 1. The van der Waals surface area contributed by atoms with E-state index in [1.54, 1.807) is 0 Å². The first-order valence-electron chi connectivity index (χ1n) is 7.32. The van der Waals surface area contributed by atoms with Gasteiger partial charge in [-0.05, 0) is 39.3 Å². The van der Waals surface area contributed by atoms with Crippen molar-refractivity contribution in [1.29, 1.82) is 0 Å². The Morgan fingerprint density at radius 3 is 2.89 bits per heavy atom. The number of nitrogens with one attached hydrogen (secondary N) is 1. The molecule has 1 heterocycles. The normalized spacial score (nSPS) is 27.4. The van der Waals surface area contributed by atoms with Crippen LogP contribution in [0.1, 0.15) is 34.1 Å². The van der Waals surface area contributed by atoms with Crippen LogP contribution in [0.25, 0.3) is 0 Å². The van der Waals surface area contributed by atoms with Crippen molar-refractivity contribution in [1.82, 2.24) is 5.32 Å². The molecule has 3 nitrogen and oxygen atoms in total. The molecule has 0 radical (unpaired) electrons. The highest BCUT2D eigenvalue weighted by molar-refractivity contribution is 5.52. The van der Waals surface area contributed by atoms with Gasteiger partial charge in [0.2, 0.25) is 0 Å². The molecule has 1 aliphatic heterocycles. The molecule has 1 aromatic carbocycles. The minimum absolute atomic E-state index is 0.203. The maximum absolute atomic E-state index is 5.61. The fourth-order valence-electron chi connectivity index (χ4n) is 2.59. The number of ether oxygens (including phenoxy) is 1. The Labute approximate surface area is 116 Å². The van der Waals surface area contributed by atoms with Crippen molar-refractivity contribution >= 4 is 5.69 Å². The third-order valence-corrected chi connectivity index (χ3v) is 4.12. The Balaban J connectivity index is 2.21. The zero-order valence-corrected chi connectivity index (χ0v) is 12.6. The van der Waals surface area contributed by atoms with Gasteiger partial charge in [-0.1, -0.05) is 13.0 Å². The van der Waals surface area contributed by atoms with Gasteiger partial charge in [0.1, 0.15) is 5.75 Å². The minimum Gasteiger partial charge on any atom is -0.494 e. The second-order valence-electron chi connectivity index (χ2n) is 5.70. The maximum atomic E-state index is 5.61. The first kappa shape index (κ1) is 14.2. The van der Waals surface area contributed by atoms with Crippen molar-refractivity contribution in [2.45, 2.75) is 45.7 Å². The molecular formula is C16H26N2O. The van der Waals surface area contributed by atoms with Gasteiger partial charge in [-0.3, -0.25) is 0 Å². The molecule has 1 saturated heterocycles. The molecule has 2 rings (SSSR count). The van der Waals surface area contributed by atoms with Crippen molar-refractivity contribution in [3.8, 4) is 5.75 Å². The average Bonchev–Trinajstić information content (AvgIpc) is 2.43. The minimum atomic E-state index is 0.203. The van der Waals surface area contributed by atoms with Crippen LogP contribution in [0.4, 0.5) is 5.69 Å². The van der Waals surface area contributed by atoms with Crippen molar-refractivity contribution in [3.05, 3.63) is 24.3 Å². The molecule has 2 unspecified atom stereocenters. The molecule has 0 saturated carbocycles. The van der Waals surface area contributed by atoms with Crippen LogP contribution in [0, 0.1) is 0 Å². The number of hydrogen-bond acceptors (Lipinski definition) is 3. The molecule has 0 aromatic heterocycles. The van der Waals surface area contributed by atoms with Crippen LogP contribution in [0.2, 0.25) is 0 Å². The van der Waals surface area contributed by atoms with Gasteiger partial charge in [-0.2, -0.15) is 0 Å². The van der Waals surface area contributed by atoms with Gasteiger partial charge in [0.15, 0.2) is 0 Å². The lowest BCUT2D eigenvalue weighted by atomic mass is 9.93. The van der Waals surface area contributed by atoms with Gasteiger partial charge >= 0.3 is 0 Å². The van der Waals surface area contributed by atoms with Gasteiger partial charge in [0.25, 0.3) is 0 Å². The lowest BCUT2D eigenvalue weighted by Crippen LogP contribution is -2.62. The third-order valence-electron chi connectivity index (χ3n) is 4.12. The fourth-order valence-corrected chi connectivity index (χ4v) is 2.59. The van der Waals surface area contributed by atoms with Gasteiger partial charge in [-0.15, -0.1) is 0 Å². The smallest absolute Gasteiger partial charge is 0.121 e. The zero-order chi connectivity index (χ0) is 13.9. The maximum Gasteiger partial charge on any atom is 0.121 e. The summed E-state index contributed by atoms with van der Waals surface area (Å²) in [6, 6.07) is 8.95. The Kier molecular flexibility index (Phi) is 4.35. The number of rotatable bonds is 4. The molecule has 0 spiro atoms. The Hall–Kier alpha value is -1.22. The molecule has 3 heteroatoms. The Morgan fingerprint density at radius 1 is 1.42 bits per heavy atom. The average molecular weight is 262 g/mol. The van der Waals surface area contributed by atoms with Crippen LogP contribution < -0.4 is 15.0 Å². The number of anilines is 1. The Morgan fingerprint density at radius 2 is 2.21 bits per heavy atom. The summed E-state index contributed by atoms with van der Waals surface area (Å²) in [6.07, 6.45) is 1.14. The van der Waals surface area contributed by atoms with Crippen molar-refractivity contribution < 1.29 is 4.74 Å². The summed E-state index contributed by atoms with van der Waals surface area (Å²) in [5.41, 5.74) is 1.47. The van der Waals surface area contributed by atoms with Crippen LogP contribution in [-0.2, 0) is 0 Å². The summed E-state index contributed by atoms with van der Waals surface area (Å²) >= 11 is 0. The molecule has 0 bridgehead atoms. The first-order chi connectivity index (χ1) is 9.08. The van der Waals surface area contributed by atoms with Gasteiger partial charge in [-0.25, -0.2) is 0 Å². The predicted octanol–water partition coefficient (Wildman–Crippen LogP) is 3.05. The molecule has 106 valence electrons. The lowest BCUT2D eigenvalue weighted by Gasteiger charge is -2.46. The van der Waals surface area contributed by atoms with E-state index >= 15 is 0 Å². The van der Waals surface area contributed by atoms with E-state index in [-0.39, 0.29) is 5.54 Å². The second kappa shape index (κ2) is 5.83. The molecule has 1 fully saturated rings. The summed E-state index contributed by atoms with van der Waals surface area (Å²) in [6.45, 7) is 11.6. The molecule has 1 aromatic rings. The van der Waals surface area contributed by atoms with Gasteiger partial charge in [0.05, 0.1) is 6.61 Å². The summed E-state index contributed by atoms with van der Waals surface area (Å²) in [7, 11) is 0. The number of nitrogens with zero attached hydrogens (tertiary/aromatic N) is 1. The summed E-state index contributed by atoms with van der Waals surface area (Å²) in [4.78, 5) is 2.49. The molecule has 2 atom stereocenters. The van der Waals surface area contributed by atoms with E-state index in [9.17, 15) is 0 Å². The topological polar surface area (TPSA) is 24.5 Å². The van der Waals surface area contributed by atoms with Crippen molar-refractivity contribution in [3.63, 3.8) is 0 Å². The summed E-state index contributed by atoms with van der Waals surface area (Å²) in [5, 5.41) is 3.66. The fraction of sp³-hybridized carbons (Fsp3) is 0.625. The van der Waals surface area contributed by atoms with Crippen LogP contribution in [0.3, 0.4) is 0 Å². The highest BCUT2D eigenvalue weighted by atomic mass is 16.5. The zero-order valence-electron chi connectivity index (χ0n) is 12.6. The van der Waals surface area contributed by atoms with Crippen LogP contribution in [0.5, 0.6) is 5.75 Å². The van der Waals surface area contributed by atoms with E-state index < -0.39 is 0 Å². The molecule has 0 amide bonds. The summed E-state index contributed by atoms with van der Waals surface area (Å²) in [5.74, 6) is 0.962. The summed E-state index contributed by atoms with van der Waals surface area (Å²) < 4.78 is 5.61. The molecule has 1 aliphatic rings. The molecule has 1 N–H and O–H groups in total. The van der Waals surface area contributed by atoms with E-state index in [0.29, 0.717) is 12.6 Å². The van der Waals surface area contributed by atoms with E-state index in [1.165, 1.54) is 5.69 Å². The van der Waals surface area contributed by atoms with E-state index in [0.717, 1.165) is 25.3 Å². The van der Waals surface area contributed by atoms with Crippen LogP contribution >= 0.6 is 0 Å². The standard InChI is InChI=1S/C16H26N2O/c1-5-16(4)12-18(13(3)11-17-16)14-8-7-9-15(10-14)19-6-2/h7-10,13,17H,5-6,11-12H2,1-4H3. The van der Waals surface area contributed by atoms with E-state index in [4.69, 9.17) is 4.74 Å². The molecule has 19 heavy (non-hydrogen) atoms. The van der Waals surface area contributed by atoms with Crippen molar-refractivity contribution in [2.24, 2.45) is 0 Å². The highest BCUT2D eigenvalue weighted by Gasteiger charge is 2.32. The van der Waals surface area contributed by atoms with E-state index in [1.807, 2.05) is 13.0 Å². The van der Waals surface area contributed by atoms with Gasteiger partial charge in [0, 0.05) is 36.4 Å². The van der Waals surface area contributed by atoms with Crippen molar-refractivity contribution in [2.75, 3.05) is 24.6 Å². The number of hydrogen-bond donors (Lipinski definition) is 1. The van der Waals surface area contributed by atoms with Crippen LogP contribution in [-0.4, -0.2) is 31.3 Å². The molecular weight excluding hydrogens is 236 g/mol. The predicted molar refractivity (Wildman–Crippen MR) is 81.1 cm³/mol. The lowest BCUT2D eigenvalue weighted by molar-refractivity contribution is 0.285. The largest absolute Gasteiger partial charge is 0.494 e. The SMILES string of the molecule is CCOc1cccc(N2CC(C)(CC)NCC2C)c1. The highest BCUT2D eigenvalue weighted by Crippen LogP contribution is 2.27. The third kappa shape index (κ3) is 3.21. The quantitative estimate of drug-likeness (QED) is 0.902. The second-order valence-corrected chi connectivity index (χ2v) is 5.70. The first-order valence-corrected chi connectivity index (χ1v) is 7.32. The van der Waals surface area contributed by atoms with Gasteiger partial charge < -0.3 is 15.0 Å². The van der Waals surface area contributed by atoms with Crippen LogP contribution in [0.15, 0.2) is 24.3 Å². The van der Waals surface area contributed by atoms with E-state index in [2.05, 4.69) is 49.2 Å². The number of piperazine rings is 1. The Bertz CT molecular complexity index is 421. The monoisotopic (exact) mass is 262 g/mol.